The molecule has 2 saturated carbocycles. The van der Waals surface area contributed by atoms with Gasteiger partial charge in [-0.2, -0.15) is 0 Å². The number of hydrogen-bond donors (Lipinski definition) is 0. The lowest BCUT2D eigenvalue weighted by Gasteiger charge is -2.30. The van der Waals surface area contributed by atoms with E-state index in [1.54, 1.807) is 0 Å². The van der Waals surface area contributed by atoms with Gasteiger partial charge in [0.2, 0.25) is 5.91 Å². The summed E-state index contributed by atoms with van der Waals surface area (Å²) in [5.74, 6) is 2.25. The number of rotatable bonds is 5. The Morgan fingerprint density at radius 3 is 2.71 bits per heavy atom. The number of likely N-dealkylation sites (tertiary alicyclic amines) is 2. The van der Waals surface area contributed by atoms with E-state index in [9.17, 15) is 4.79 Å². The molecule has 2 saturated heterocycles. The number of nitrogens with zero attached hydrogens (tertiary/aromatic N) is 2. The van der Waals surface area contributed by atoms with Gasteiger partial charge < -0.3 is 14.5 Å². The van der Waals surface area contributed by atoms with Gasteiger partial charge in [0.05, 0.1) is 6.61 Å². The molecule has 4 nitrogen and oxygen atoms in total. The van der Waals surface area contributed by atoms with Crippen molar-refractivity contribution in [2.75, 3.05) is 46.4 Å². The zero-order chi connectivity index (χ0) is 14.4. The third kappa shape index (κ3) is 2.85. The lowest BCUT2D eigenvalue weighted by Crippen LogP contribution is -2.38. The molecular weight excluding hydrogens is 264 g/mol. The van der Waals surface area contributed by atoms with Crippen LogP contribution < -0.4 is 0 Å². The predicted octanol–water partition coefficient (Wildman–Crippen LogP) is 1.60. The van der Waals surface area contributed by atoms with Crippen LogP contribution in [0.4, 0.5) is 0 Å². The van der Waals surface area contributed by atoms with Gasteiger partial charge in [0.15, 0.2) is 0 Å². The summed E-state index contributed by atoms with van der Waals surface area (Å²) in [5, 5.41) is 0. The highest BCUT2D eigenvalue weighted by molar-refractivity contribution is 5.81. The maximum atomic E-state index is 12.3. The zero-order valence-corrected chi connectivity index (χ0v) is 13.2. The van der Waals surface area contributed by atoms with Gasteiger partial charge in [-0.1, -0.05) is 0 Å². The summed E-state index contributed by atoms with van der Waals surface area (Å²) >= 11 is 0. The van der Waals surface area contributed by atoms with Crippen LogP contribution in [-0.4, -0.2) is 62.1 Å². The van der Waals surface area contributed by atoms with E-state index in [4.69, 9.17) is 4.74 Å². The fourth-order valence-corrected chi connectivity index (χ4v) is 4.33. The van der Waals surface area contributed by atoms with Crippen molar-refractivity contribution in [3.63, 3.8) is 0 Å². The SMILES string of the molecule is CN1C[C@H](COCC2CC2)[C@@]2(CCN(C(=O)C3CC3)C2)C1. The maximum absolute atomic E-state index is 12.3. The van der Waals surface area contributed by atoms with Crippen LogP contribution in [0.1, 0.15) is 32.1 Å². The van der Waals surface area contributed by atoms with Gasteiger partial charge in [-0.3, -0.25) is 4.79 Å². The summed E-state index contributed by atoms with van der Waals surface area (Å²) in [5.41, 5.74) is 0.308. The molecule has 118 valence electrons. The molecule has 2 aliphatic carbocycles. The molecule has 0 aromatic rings. The molecule has 4 heteroatoms. The topological polar surface area (TPSA) is 32.8 Å². The monoisotopic (exact) mass is 292 g/mol. The van der Waals surface area contributed by atoms with E-state index in [2.05, 4.69) is 16.8 Å². The average Bonchev–Trinajstić information content (AvgIpc) is 3.36. The smallest absolute Gasteiger partial charge is 0.225 e. The molecule has 1 spiro atoms. The van der Waals surface area contributed by atoms with Crippen LogP contribution in [0, 0.1) is 23.2 Å². The van der Waals surface area contributed by atoms with Gasteiger partial charge in [-0.05, 0) is 45.1 Å². The minimum atomic E-state index is 0.308. The molecule has 0 aromatic carbocycles. The second kappa shape index (κ2) is 5.24. The van der Waals surface area contributed by atoms with E-state index in [1.165, 1.54) is 19.3 Å². The molecule has 4 fully saturated rings. The predicted molar refractivity (Wildman–Crippen MR) is 80.9 cm³/mol. The van der Waals surface area contributed by atoms with E-state index in [0.29, 0.717) is 23.2 Å². The van der Waals surface area contributed by atoms with Crippen LogP contribution in [0.25, 0.3) is 0 Å². The van der Waals surface area contributed by atoms with Gasteiger partial charge in [-0.25, -0.2) is 0 Å². The molecule has 2 atom stereocenters. The first-order valence-corrected chi connectivity index (χ1v) is 8.71. The first-order chi connectivity index (χ1) is 10.2. The summed E-state index contributed by atoms with van der Waals surface area (Å²) in [6.07, 6.45) is 6.14. The highest BCUT2D eigenvalue weighted by atomic mass is 16.5. The standard InChI is InChI=1S/C17H28N2O2/c1-18-8-15(10-21-9-13-2-3-13)17(11-18)6-7-19(12-17)16(20)14-4-5-14/h13-15H,2-12H2,1H3/t15-,17+/m1/s1. The molecule has 0 radical (unpaired) electrons. The Morgan fingerprint density at radius 1 is 1.19 bits per heavy atom. The van der Waals surface area contributed by atoms with Crippen molar-refractivity contribution in [1.29, 1.82) is 0 Å². The van der Waals surface area contributed by atoms with Gasteiger partial charge >= 0.3 is 0 Å². The first-order valence-electron chi connectivity index (χ1n) is 8.71. The van der Waals surface area contributed by atoms with Crippen LogP contribution in [0.5, 0.6) is 0 Å². The minimum absolute atomic E-state index is 0.308. The molecule has 1 amide bonds. The Kier molecular flexibility index (Phi) is 3.49. The molecule has 21 heavy (non-hydrogen) atoms. The van der Waals surface area contributed by atoms with Crippen LogP contribution in [0.2, 0.25) is 0 Å². The first kappa shape index (κ1) is 14.0. The van der Waals surface area contributed by atoms with Gasteiger partial charge in [0.25, 0.3) is 0 Å². The summed E-state index contributed by atoms with van der Waals surface area (Å²) in [6, 6.07) is 0. The minimum Gasteiger partial charge on any atom is -0.381 e. The normalized spacial score (nSPS) is 36.8. The largest absolute Gasteiger partial charge is 0.381 e. The summed E-state index contributed by atoms with van der Waals surface area (Å²) < 4.78 is 6.00. The second-order valence-corrected chi connectivity index (χ2v) is 8.02. The van der Waals surface area contributed by atoms with Crippen molar-refractivity contribution in [2.24, 2.45) is 23.2 Å². The number of carbonyl (C=O) groups excluding carboxylic acids is 1. The van der Waals surface area contributed by atoms with Crippen molar-refractivity contribution in [1.82, 2.24) is 9.80 Å². The Morgan fingerprint density at radius 2 is 2.00 bits per heavy atom. The average molecular weight is 292 g/mol. The Balaban J connectivity index is 1.37. The summed E-state index contributed by atoms with van der Waals surface area (Å²) in [4.78, 5) is 16.9. The maximum Gasteiger partial charge on any atom is 0.225 e. The van der Waals surface area contributed by atoms with Crippen molar-refractivity contribution in [2.45, 2.75) is 32.1 Å². The van der Waals surface area contributed by atoms with E-state index in [-0.39, 0.29) is 0 Å². The molecule has 0 N–H and O–H groups in total. The molecule has 4 rings (SSSR count). The summed E-state index contributed by atoms with van der Waals surface area (Å²) in [6.45, 7) is 6.08. The Hall–Kier alpha value is -0.610. The van der Waals surface area contributed by atoms with Crippen molar-refractivity contribution in [3.05, 3.63) is 0 Å². The zero-order valence-electron chi connectivity index (χ0n) is 13.2. The van der Waals surface area contributed by atoms with Crippen molar-refractivity contribution >= 4 is 5.91 Å². The Bertz CT molecular complexity index is 419. The molecule has 2 heterocycles. The van der Waals surface area contributed by atoms with E-state index in [0.717, 1.165) is 58.2 Å². The highest BCUT2D eigenvalue weighted by Crippen LogP contribution is 2.45. The summed E-state index contributed by atoms with van der Waals surface area (Å²) in [7, 11) is 2.22. The van der Waals surface area contributed by atoms with Crippen molar-refractivity contribution in [3.8, 4) is 0 Å². The fraction of sp³-hybridized carbons (Fsp3) is 0.941. The number of ether oxygens (including phenoxy) is 1. The number of amides is 1. The molecule has 4 aliphatic rings. The van der Waals surface area contributed by atoms with Crippen LogP contribution in [0.3, 0.4) is 0 Å². The molecule has 0 unspecified atom stereocenters. The highest BCUT2D eigenvalue weighted by Gasteiger charge is 2.51. The van der Waals surface area contributed by atoms with E-state index < -0.39 is 0 Å². The Labute approximate surface area is 127 Å². The third-order valence-electron chi connectivity index (χ3n) is 5.98. The van der Waals surface area contributed by atoms with Crippen LogP contribution >= 0.6 is 0 Å². The van der Waals surface area contributed by atoms with E-state index >= 15 is 0 Å². The second-order valence-electron chi connectivity index (χ2n) is 8.02. The lowest BCUT2D eigenvalue weighted by atomic mass is 9.77. The molecule has 2 aliphatic heterocycles. The lowest BCUT2D eigenvalue weighted by molar-refractivity contribution is -0.132. The van der Waals surface area contributed by atoms with Gasteiger partial charge in [0, 0.05) is 50.0 Å². The quantitative estimate of drug-likeness (QED) is 0.772. The van der Waals surface area contributed by atoms with Gasteiger partial charge in [0.1, 0.15) is 0 Å². The van der Waals surface area contributed by atoms with E-state index in [1.807, 2.05) is 0 Å². The van der Waals surface area contributed by atoms with Crippen molar-refractivity contribution < 1.29 is 9.53 Å². The molecular formula is C17H28N2O2. The third-order valence-corrected chi connectivity index (χ3v) is 5.98. The molecule has 0 bridgehead atoms. The van der Waals surface area contributed by atoms with Gasteiger partial charge in [-0.15, -0.1) is 0 Å². The van der Waals surface area contributed by atoms with Crippen LogP contribution in [0.15, 0.2) is 0 Å². The van der Waals surface area contributed by atoms with Crippen LogP contribution in [-0.2, 0) is 9.53 Å². The number of hydrogen-bond acceptors (Lipinski definition) is 3. The molecule has 0 aromatic heterocycles. The fourth-order valence-electron chi connectivity index (χ4n) is 4.33. The number of carbonyl (C=O) groups is 1.